The van der Waals surface area contributed by atoms with Gasteiger partial charge in [0.1, 0.15) is 17.0 Å². The first-order chi connectivity index (χ1) is 12.2. The summed E-state index contributed by atoms with van der Waals surface area (Å²) in [4.78, 5) is 12.5. The summed E-state index contributed by atoms with van der Waals surface area (Å²) in [6, 6.07) is 11.7. The molecule has 0 radical (unpaired) electrons. The maximum Gasteiger partial charge on any atom is 0.177 e. The molecule has 0 unspecified atom stereocenters. The first-order valence-electron chi connectivity index (χ1n) is 7.91. The van der Waals surface area contributed by atoms with Crippen LogP contribution in [0, 0.1) is 6.92 Å². The molecule has 25 heavy (non-hydrogen) atoms. The van der Waals surface area contributed by atoms with Gasteiger partial charge < -0.3 is 9.51 Å². The van der Waals surface area contributed by atoms with Gasteiger partial charge in [0.15, 0.2) is 11.2 Å². The summed E-state index contributed by atoms with van der Waals surface area (Å²) in [6.45, 7) is 1.93. The van der Waals surface area contributed by atoms with E-state index in [0.29, 0.717) is 0 Å². The van der Waals surface area contributed by atoms with Crippen molar-refractivity contribution in [2.24, 2.45) is 7.05 Å². The van der Waals surface area contributed by atoms with Crippen LogP contribution >= 0.6 is 0 Å². The van der Waals surface area contributed by atoms with Gasteiger partial charge in [-0.05, 0) is 37.3 Å². The molecule has 0 aliphatic rings. The summed E-state index contributed by atoms with van der Waals surface area (Å²) in [5.74, 6) is 0.780. The van der Waals surface area contributed by atoms with E-state index in [4.69, 9.17) is 9.51 Å². The summed E-state index contributed by atoms with van der Waals surface area (Å²) in [6.07, 6.45) is 1.76. The number of H-pyrrole nitrogens is 1. The molecular formula is C18H14N6O. The highest BCUT2D eigenvalue weighted by Crippen LogP contribution is 2.29. The number of rotatable bonds is 2. The Morgan fingerprint density at radius 2 is 2.08 bits per heavy atom. The predicted molar refractivity (Wildman–Crippen MR) is 93.8 cm³/mol. The Kier molecular flexibility index (Phi) is 2.79. The van der Waals surface area contributed by atoms with Gasteiger partial charge in [0.2, 0.25) is 0 Å². The van der Waals surface area contributed by atoms with E-state index in [-0.39, 0.29) is 0 Å². The summed E-state index contributed by atoms with van der Waals surface area (Å²) in [5.41, 5.74) is 5.88. The van der Waals surface area contributed by atoms with Crippen molar-refractivity contribution in [1.82, 2.24) is 29.9 Å². The van der Waals surface area contributed by atoms with E-state index in [1.165, 1.54) is 0 Å². The smallest absolute Gasteiger partial charge is 0.177 e. The van der Waals surface area contributed by atoms with Crippen LogP contribution in [-0.2, 0) is 7.05 Å². The zero-order valence-electron chi connectivity index (χ0n) is 13.7. The molecule has 0 spiro atoms. The molecule has 5 aromatic rings. The monoisotopic (exact) mass is 330 g/mol. The van der Waals surface area contributed by atoms with Crippen LogP contribution in [0.15, 0.2) is 47.1 Å². The van der Waals surface area contributed by atoms with Crippen LogP contribution in [0.1, 0.15) is 5.69 Å². The van der Waals surface area contributed by atoms with Crippen LogP contribution in [0.25, 0.3) is 44.9 Å². The normalized spacial score (nSPS) is 11.6. The fraction of sp³-hybridized carbons (Fsp3) is 0.111. The minimum absolute atomic E-state index is 0.771. The van der Waals surface area contributed by atoms with Crippen LogP contribution in [0.5, 0.6) is 0 Å². The molecule has 0 bridgehead atoms. The number of hydrogen-bond donors (Lipinski definition) is 1. The molecule has 4 heterocycles. The number of aromatic amines is 1. The Balaban J connectivity index is 1.71. The Morgan fingerprint density at radius 3 is 2.92 bits per heavy atom. The first-order valence-corrected chi connectivity index (χ1v) is 7.91. The number of aryl methyl sites for hydroxylation is 2. The van der Waals surface area contributed by atoms with E-state index in [2.05, 4.69) is 20.2 Å². The van der Waals surface area contributed by atoms with Crippen LogP contribution < -0.4 is 0 Å². The maximum atomic E-state index is 5.28. The number of hydrogen-bond acceptors (Lipinski definition) is 5. The molecule has 4 aromatic heterocycles. The lowest BCUT2D eigenvalue weighted by Gasteiger charge is -1.98. The molecule has 0 amide bonds. The third-order valence-corrected chi connectivity index (χ3v) is 4.31. The Labute approximate surface area is 142 Å². The number of imidazole rings is 1. The van der Waals surface area contributed by atoms with Crippen molar-refractivity contribution in [2.75, 3.05) is 0 Å². The van der Waals surface area contributed by atoms with Gasteiger partial charge in [0.25, 0.3) is 0 Å². The van der Waals surface area contributed by atoms with Crippen molar-refractivity contribution in [2.45, 2.75) is 6.92 Å². The number of benzene rings is 1. The van der Waals surface area contributed by atoms with E-state index in [9.17, 15) is 0 Å². The highest BCUT2D eigenvalue weighted by atomic mass is 16.5. The quantitative estimate of drug-likeness (QED) is 0.535. The van der Waals surface area contributed by atoms with Crippen LogP contribution in [0.2, 0.25) is 0 Å². The zero-order valence-corrected chi connectivity index (χ0v) is 13.7. The van der Waals surface area contributed by atoms with Crippen LogP contribution in [-0.4, -0.2) is 29.9 Å². The van der Waals surface area contributed by atoms with E-state index in [1.54, 1.807) is 10.9 Å². The Bertz CT molecular complexity index is 1210. The minimum atomic E-state index is 0.771. The molecule has 1 aromatic carbocycles. The second-order valence-corrected chi connectivity index (χ2v) is 5.95. The molecule has 1 N–H and O–H groups in total. The third-order valence-electron chi connectivity index (χ3n) is 4.31. The summed E-state index contributed by atoms with van der Waals surface area (Å²) >= 11 is 0. The molecule has 0 saturated heterocycles. The van der Waals surface area contributed by atoms with Crippen molar-refractivity contribution >= 4 is 22.1 Å². The number of nitrogens with one attached hydrogen (secondary N) is 1. The van der Waals surface area contributed by atoms with E-state index >= 15 is 0 Å². The fourth-order valence-electron chi connectivity index (χ4n) is 3.04. The lowest BCUT2D eigenvalue weighted by atomic mass is 10.1. The molecule has 122 valence electrons. The molecular weight excluding hydrogens is 316 g/mol. The number of aromatic nitrogens is 6. The second-order valence-electron chi connectivity index (χ2n) is 5.95. The largest absolute Gasteiger partial charge is 0.356 e. The molecule has 7 heteroatoms. The van der Waals surface area contributed by atoms with Crippen molar-refractivity contribution < 1.29 is 4.52 Å². The molecule has 0 aliphatic heterocycles. The van der Waals surface area contributed by atoms with Gasteiger partial charge in [-0.25, -0.2) is 9.67 Å². The summed E-state index contributed by atoms with van der Waals surface area (Å²) in [5, 5.41) is 9.54. The summed E-state index contributed by atoms with van der Waals surface area (Å²) in [7, 11) is 1.88. The van der Waals surface area contributed by atoms with Crippen LogP contribution in [0.3, 0.4) is 0 Å². The van der Waals surface area contributed by atoms with E-state index < -0.39 is 0 Å². The van der Waals surface area contributed by atoms with Crippen LogP contribution in [0.4, 0.5) is 0 Å². The van der Waals surface area contributed by atoms with E-state index in [0.717, 1.165) is 50.6 Å². The predicted octanol–water partition coefficient (Wildman–Crippen LogP) is 3.48. The lowest BCUT2D eigenvalue weighted by molar-refractivity contribution is 0.450. The first kappa shape index (κ1) is 13.9. The Morgan fingerprint density at radius 1 is 1.16 bits per heavy atom. The lowest BCUT2D eigenvalue weighted by Crippen LogP contribution is -1.93. The topological polar surface area (TPSA) is 85.4 Å². The highest BCUT2D eigenvalue weighted by molar-refractivity contribution is 5.90. The van der Waals surface area contributed by atoms with Gasteiger partial charge in [-0.3, -0.25) is 4.98 Å². The average molecular weight is 330 g/mol. The van der Waals surface area contributed by atoms with Gasteiger partial charge in [-0.2, -0.15) is 5.10 Å². The van der Waals surface area contributed by atoms with Crippen molar-refractivity contribution in [3.63, 3.8) is 0 Å². The van der Waals surface area contributed by atoms with Gasteiger partial charge >= 0.3 is 0 Å². The second kappa shape index (κ2) is 5.01. The maximum absolute atomic E-state index is 5.28. The number of fused-ring (bicyclic) bond motifs is 2. The van der Waals surface area contributed by atoms with Gasteiger partial charge in [-0.1, -0.05) is 11.2 Å². The Hall–Kier alpha value is -3.48. The number of nitrogens with zero attached hydrogens (tertiary/aromatic N) is 5. The average Bonchev–Trinajstić information content (AvgIpc) is 3.31. The minimum Gasteiger partial charge on any atom is -0.356 e. The third kappa shape index (κ3) is 2.06. The van der Waals surface area contributed by atoms with E-state index in [1.807, 2.05) is 50.4 Å². The fourth-order valence-corrected chi connectivity index (χ4v) is 3.04. The summed E-state index contributed by atoms with van der Waals surface area (Å²) < 4.78 is 7.04. The molecule has 0 saturated carbocycles. The van der Waals surface area contributed by atoms with Crippen molar-refractivity contribution in [3.8, 4) is 22.8 Å². The number of pyridine rings is 1. The highest BCUT2D eigenvalue weighted by Gasteiger charge is 2.17. The zero-order chi connectivity index (χ0) is 17.0. The SMILES string of the molecule is Cc1noc2ccc(-c3nc4c([nH]3)c(-c3ccccn3)nn4C)cc12. The van der Waals surface area contributed by atoms with Crippen molar-refractivity contribution in [3.05, 3.63) is 48.3 Å². The standard InChI is InChI=1S/C18H14N6O/c1-10-12-9-11(6-7-14(12)25-23-10)17-20-16-15(13-5-3-4-8-19-13)22-24(2)18(16)21-17/h3-9H,1-2H3,(H,20,21). The molecule has 0 fully saturated rings. The molecule has 7 nitrogen and oxygen atoms in total. The molecule has 0 atom stereocenters. The van der Waals surface area contributed by atoms with Gasteiger partial charge in [0, 0.05) is 24.2 Å². The van der Waals surface area contributed by atoms with Gasteiger partial charge in [-0.15, -0.1) is 0 Å². The van der Waals surface area contributed by atoms with Gasteiger partial charge in [0.05, 0.1) is 11.4 Å². The van der Waals surface area contributed by atoms with Crippen molar-refractivity contribution in [1.29, 1.82) is 0 Å². The molecule has 0 aliphatic carbocycles. The molecule has 5 rings (SSSR count).